The predicted octanol–water partition coefficient (Wildman–Crippen LogP) is 2.85. The summed E-state index contributed by atoms with van der Waals surface area (Å²) in [7, 11) is 0. The van der Waals surface area contributed by atoms with Gasteiger partial charge in [0.25, 0.3) is 0 Å². The van der Waals surface area contributed by atoms with Crippen molar-refractivity contribution in [3.05, 3.63) is 38.6 Å². The molecule has 0 radical (unpaired) electrons. The molecule has 2 N–H and O–H groups in total. The molecule has 0 saturated heterocycles. The summed E-state index contributed by atoms with van der Waals surface area (Å²) in [5.41, 5.74) is 3.27. The molecule has 0 spiro atoms. The lowest BCUT2D eigenvalue weighted by molar-refractivity contribution is 0.555. The lowest BCUT2D eigenvalue weighted by Gasteiger charge is -1.99. The highest BCUT2D eigenvalue weighted by atomic mass is 32.1. The molecule has 6 heteroatoms. The summed E-state index contributed by atoms with van der Waals surface area (Å²) in [4.78, 5) is 19.8. The van der Waals surface area contributed by atoms with Gasteiger partial charge in [0.2, 0.25) is 0 Å². The minimum atomic E-state index is -0.422. The SMILES string of the molecule is Cc1sc(CCNC2CC2)nc1-c1ccc2[nH]c(=O)oc2c1. The van der Waals surface area contributed by atoms with Gasteiger partial charge in [0.1, 0.15) is 0 Å². The molecule has 5 nitrogen and oxygen atoms in total. The molecule has 0 aliphatic heterocycles. The maximum Gasteiger partial charge on any atom is 0.417 e. The molecule has 0 unspecified atom stereocenters. The number of fused-ring (bicyclic) bond motifs is 1. The Morgan fingerprint density at radius 2 is 2.32 bits per heavy atom. The second-order valence-corrected chi connectivity index (χ2v) is 7.00. The molecule has 0 amide bonds. The largest absolute Gasteiger partial charge is 0.417 e. The third-order valence-corrected chi connectivity index (χ3v) is 4.92. The Labute approximate surface area is 131 Å². The summed E-state index contributed by atoms with van der Waals surface area (Å²) in [6.45, 7) is 3.07. The van der Waals surface area contributed by atoms with Gasteiger partial charge in [-0.15, -0.1) is 11.3 Å². The Kier molecular flexibility index (Phi) is 3.35. The second-order valence-electron chi connectivity index (χ2n) is 5.72. The fraction of sp³-hybridized carbons (Fsp3) is 0.375. The smallest absolute Gasteiger partial charge is 0.408 e. The number of aromatic nitrogens is 2. The Bertz CT molecular complexity index is 873. The van der Waals surface area contributed by atoms with Gasteiger partial charge >= 0.3 is 5.76 Å². The quantitative estimate of drug-likeness (QED) is 0.759. The normalized spacial score (nSPS) is 14.8. The van der Waals surface area contributed by atoms with Crippen LogP contribution in [0, 0.1) is 6.92 Å². The van der Waals surface area contributed by atoms with Gasteiger partial charge in [-0.05, 0) is 31.9 Å². The summed E-state index contributed by atoms with van der Waals surface area (Å²) >= 11 is 1.74. The van der Waals surface area contributed by atoms with E-state index in [9.17, 15) is 4.79 Å². The van der Waals surface area contributed by atoms with Crippen molar-refractivity contribution >= 4 is 22.4 Å². The Morgan fingerprint density at radius 1 is 1.45 bits per heavy atom. The van der Waals surface area contributed by atoms with Crippen LogP contribution in [0.4, 0.5) is 0 Å². The first-order chi connectivity index (χ1) is 10.7. The maximum absolute atomic E-state index is 11.2. The zero-order valence-corrected chi connectivity index (χ0v) is 13.1. The molecular weight excluding hydrogens is 298 g/mol. The van der Waals surface area contributed by atoms with Crippen LogP contribution in [0.15, 0.2) is 27.4 Å². The average Bonchev–Trinajstić information content (AvgIpc) is 3.12. The maximum atomic E-state index is 11.2. The molecular formula is C16H17N3O2S. The van der Waals surface area contributed by atoms with Crippen LogP contribution in [0.5, 0.6) is 0 Å². The monoisotopic (exact) mass is 315 g/mol. The van der Waals surface area contributed by atoms with E-state index >= 15 is 0 Å². The third kappa shape index (κ3) is 2.71. The highest BCUT2D eigenvalue weighted by Gasteiger charge is 2.20. The minimum Gasteiger partial charge on any atom is -0.408 e. The third-order valence-electron chi connectivity index (χ3n) is 3.88. The topological polar surface area (TPSA) is 70.9 Å². The van der Waals surface area contributed by atoms with Gasteiger partial charge in [0.15, 0.2) is 5.58 Å². The van der Waals surface area contributed by atoms with Crippen molar-refractivity contribution in [3.8, 4) is 11.3 Å². The summed E-state index contributed by atoms with van der Waals surface area (Å²) in [5.74, 6) is -0.422. The van der Waals surface area contributed by atoms with E-state index in [4.69, 9.17) is 9.40 Å². The van der Waals surface area contributed by atoms with E-state index in [-0.39, 0.29) is 0 Å². The van der Waals surface area contributed by atoms with Gasteiger partial charge in [0, 0.05) is 29.4 Å². The molecule has 1 fully saturated rings. The molecule has 0 atom stereocenters. The summed E-state index contributed by atoms with van der Waals surface area (Å²) in [6, 6.07) is 6.45. The first-order valence-electron chi connectivity index (χ1n) is 7.52. The van der Waals surface area contributed by atoms with Crippen molar-refractivity contribution in [2.75, 3.05) is 6.54 Å². The van der Waals surface area contributed by atoms with Crippen LogP contribution >= 0.6 is 11.3 Å². The van der Waals surface area contributed by atoms with Gasteiger partial charge in [-0.3, -0.25) is 4.98 Å². The van der Waals surface area contributed by atoms with E-state index < -0.39 is 5.76 Å². The van der Waals surface area contributed by atoms with Crippen LogP contribution in [-0.4, -0.2) is 22.6 Å². The first kappa shape index (κ1) is 13.7. The standard InChI is InChI=1S/C16H17N3O2S/c1-9-15(19-14(22-9)6-7-17-11-3-4-11)10-2-5-12-13(8-10)21-16(20)18-12/h2,5,8,11,17H,3-4,6-7H2,1H3,(H,18,20). The lowest BCUT2D eigenvalue weighted by atomic mass is 10.1. The number of nitrogens with zero attached hydrogens (tertiary/aromatic N) is 1. The van der Waals surface area contributed by atoms with Crippen molar-refractivity contribution in [3.63, 3.8) is 0 Å². The number of nitrogens with one attached hydrogen (secondary N) is 2. The molecule has 2 heterocycles. The molecule has 1 aromatic carbocycles. The van der Waals surface area contributed by atoms with E-state index in [1.807, 2.05) is 18.2 Å². The van der Waals surface area contributed by atoms with Gasteiger partial charge in [-0.1, -0.05) is 6.07 Å². The minimum absolute atomic E-state index is 0.422. The van der Waals surface area contributed by atoms with Crippen molar-refractivity contribution in [2.24, 2.45) is 0 Å². The van der Waals surface area contributed by atoms with Crippen molar-refractivity contribution < 1.29 is 4.42 Å². The van der Waals surface area contributed by atoms with Gasteiger partial charge in [-0.25, -0.2) is 9.78 Å². The number of benzene rings is 1. The summed E-state index contributed by atoms with van der Waals surface area (Å²) in [5, 5.41) is 4.66. The van der Waals surface area contributed by atoms with Crippen LogP contribution in [0.25, 0.3) is 22.4 Å². The number of aromatic amines is 1. The van der Waals surface area contributed by atoms with Crippen molar-refractivity contribution in [2.45, 2.75) is 32.2 Å². The summed E-state index contributed by atoms with van der Waals surface area (Å²) < 4.78 is 5.13. The van der Waals surface area contributed by atoms with E-state index in [0.717, 1.165) is 40.8 Å². The lowest BCUT2D eigenvalue weighted by Crippen LogP contribution is -2.19. The van der Waals surface area contributed by atoms with Gasteiger partial charge in [0.05, 0.1) is 16.2 Å². The molecule has 1 aliphatic carbocycles. The molecule has 3 aromatic rings. The summed E-state index contributed by atoms with van der Waals surface area (Å²) in [6.07, 6.45) is 3.58. The Hall–Kier alpha value is -1.92. The Balaban J connectivity index is 1.59. The molecule has 1 aliphatic rings. The number of thiazole rings is 1. The van der Waals surface area contributed by atoms with Gasteiger partial charge in [-0.2, -0.15) is 0 Å². The number of aryl methyl sites for hydroxylation is 1. The highest BCUT2D eigenvalue weighted by molar-refractivity contribution is 7.12. The van der Waals surface area contributed by atoms with Gasteiger partial charge < -0.3 is 9.73 Å². The second kappa shape index (κ2) is 5.37. The molecule has 22 heavy (non-hydrogen) atoms. The average molecular weight is 315 g/mol. The number of hydrogen-bond donors (Lipinski definition) is 2. The molecule has 4 rings (SSSR count). The molecule has 0 bridgehead atoms. The van der Waals surface area contributed by atoms with Crippen LogP contribution in [-0.2, 0) is 6.42 Å². The Morgan fingerprint density at radius 3 is 3.14 bits per heavy atom. The molecule has 1 saturated carbocycles. The zero-order chi connectivity index (χ0) is 15.1. The van der Waals surface area contributed by atoms with E-state index in [2.05, 4.69) is 17.2 Å². The number of oxazole rings is 1. The fourth-order valence-corrected chi connectivity index (χ4v) is 3.54. The molecule has 2 aromatic heterocycles. The number of H-pyrrole nitrogens is 1. The number of hydrogen-bond acceptors (Lipinski definition) is 5. The van der Waals surface area contributed by atoms with Crippen LogP contribution in [0.2, 0.25) is 0 Å². The van der Waals surface area contributed by atoms with Crippen molar-refractivity contribution in [1.82, 2.24) is 15.3 Å². The van der Waals surface area contributed by atoms with E-state index in [0.29, 0.717) is 5.58 Å². The van der Waals surface area contributed by atoms with Crippen LogP contribution < -0.4 is 11.1 Å². The van der Waals surface area contributed by atoms with Crippen LogP contribution in [0.3, 0.4) is 0 Å². The van der Waals surface area contributed by atoms with Crippen LogP contribution in [0.1, 0.15) is 22.7 Å². The molecule has 114 valence electrons. The van der Waals surface area contributed by atoms with E-state index in [1.54, 1.807) is 11.3 Å². The predicted molar refractivity (Wildman–Crippen MR) is 87.4 cm³/mol. The first-order valence-corrected chi connectivity index (χ1v) is 8.33. The van der Waals surface area contributed by atoms with E-state index in [1.165, 1.54) is 17.7 Å². The highest BCUT2D eigenvalue weighted by Crippen LogP contribution is 2.29. The fourth-order valence-electron chi connectivity index (χ4n) is 2.59. The van der Waals surface area contributed by atoms with Crippen molar-refractivity contribution in [1.29, 1.82) is 0 Å². The number of rotatable bonds is 5. The zero-order valence-electron chi connectivity index (χ0n) is 12.3.